The second kappa shape index (κ2) is 7.19. The molecule has 1 amide bonds. The van der Waals surface area contributed by atoms with E-state index in [1.165, 1.54) is 6.08 Å². The number of rotatable bonds is 3. The Labute approximate surface area is 131 Å². The first-order valence-electron chi connectivity index (χ1n) is 5.72. The summed E-state index contributed by atoms with van der Waals surface area (Å²) >= 11 is 12.4. The topological polar surface area (TPSA) is 41.1 Å². The highest BCUT2D eigenvalue weighted by Crippen LogP contribution is 2.13. The molecule has 0 aliphatic carbocycles. The zero-order valence-corrected chi connectivity index (χ0v) is 12.7. The minimum Gasteiger partial charge on any atom is -0.332 e. The second-order valence-corrected chi connectivity index (χ2v) is 5.62. The second-order valence-electron chi connectivity index (χ2n) is 3.80. The first kappa shape index (κ1) is 14.7. The molecule has 1 aromatic heterocycles. The molecule has 0 unspecified atom stereocenters. The highest BCUT2D eigenvalue weighted by Gasteiger charge is 2.01. The third-order valence-corrected chi connectivity index (χ3v) is 3.57. The Kier molecular flexibility index (Phi) is 5.29. The van der Waals surface area contributed by atoms with Crippen molar-refractivity contribution in [1.82, 2.24) is 5.32 Å². The molecular weight excluding hydrogens is 312 g/mol. The molecule has 0 radical (unpaired) electrons. The van der Waals surface area contributed by atoms with E-state index in [2.05, 4.69) is 10.6 Å². The summed E-state index contributed by atoms with van der Waals surface area (Å²) in [6.07, 6.45) is 3.19. The molecule has 0 spiro atoms. The fraction of sp³-hybridized carbons (Fsp3) is 0. The van der Waals surface area contributed by atoms with Gasteiger partial charge in [-0.3, -0.25) is 10.1 Å². The third kappa shape index (κ3) is 4.77. The molecule has 2 N–H and O–H groups in total. The van der Waals surface area contributed by atoms with Crippen LogP contribution in [0.5, 0.6) is 0 Å². The summed E-state index contributed by atoms with van der Waals surface area (Å²) in [6.45, 7) is 0. The molecule has 0 bridgehead atoms. The predicted molar refractivity (Wildman–Crippen MR) is 89.2 cm³/mol. The number of halogens is 1. The van der Waals surface area contributed by atoms with Crippen molar-refractivity contribution in [2.24, 2.45) is 0 Å². The number of thiophene rings is 1. The quantitative estimate of drug-likeness (QED) is 0.664. The number of hydrogen-bond donors (Lipinski definition) is 2. The molecular formula is C14H11ClN2OS2. The summed E-state index contributed by atoms with van der Waals surface area (Å²) in [4.78, 5) is 12.7. The van der Waals surface area contributed by atoms with E-state index in [9.17, 15) is 4.79 Å². The molecule has 1 heterocycles. The fourth-order valence-electron chi connectivity index (χ4n) is 1.39. The highest BCUT2D eigenvalue weighted by atomic mass is 35.5. The summed E-state index contributed by atoms with van der Waals surface area (Å²) in [6, 6.07) is 10.9. The number of benzene rings is 1. The van der Waals surface area contributed by atoms with E-state index in [1.807, 2.05) is 17.5 Å². The van der Waals surface area contributed by atoms with Crippen LogP contribution >= 0.6 is 35.2 Å². The smallest absolute Gasteiger partial charge is 0.250 e. The van der Waals surface area contributed by atoms with Gasteiger partial charge >= 0.3 is 0 Å². The molecule has 0 aliphatic heterocycles. The van der Waals surface area contributed by atoms with E-state index in [4.69, 9.17) is 23.8 Å². The number of amides is 1. The zero-order valence-electron chi connectivity index (χ0n) is 10.3. The lowest BCUT2D eigenvalue weighted by Crippen LogP contribution is -2.32. The van der Waals surface area contributed by atoms with E-state index >= 15 is 0 Å². The van der Waals surface area contributed by atoms with Gasteiger partial charge in [0, 0.05) is 21.7 Å². The molecule has 0 fully saturated rings. The number of nitrogens with one attached hydrogen (secondary N) is 2. The van der Waals surface area contributed by atoms with Crippen LogP contribution in [0.1, 0.15) is 4.88 Å². The van der Waals surface area contributed by atoms with Crippen LogP contribution in [-0.4, -0.2) is 11.0 Å². The maximum atomic E-state index is 11.7. The average Bonchev–Trinajstić information content (AvgIpc) is 2.92. The van der Waals surface area contributed by atoms with Crippen LogP contribution in [0.2, 0.25) is 5.02 Å². The fourth-order valence-corrected chi connectivity index (χ4v) is 2.36. The monoisotopic (exact) mass is 322 g/mol. The largest absolute Gasteiger partial charge is 0.332 e. The summed E-state index contributed by atoms with van der Waals surface area (Å²) in [5.41, 5.74) is 0.766. The Hall–Kier alpha value is -1.69. The molecule has 6 heteroatoms. The van der Waals surface area contributed by atoms with Crippen molar-refractivity contribution in [2.75, 3.05) is 5.32 Å². The average molecular weight is 323 g/mol. The van der Waals surface area contributed by atoms with E-state index in [1.54, 1.807) is 41.7 Å². The number of hydrogen-bond acceptors (Lipinski definition) is 3. The Morgan fingerprint density at radius 2 is 2.00 bits per heavy atom. The summed E-state index contributed by atoms with van der Waals surface area (Å²) in [7, 11) is 0. The number of anilines is 1. The van der Waals surface area contributed by atoms with Gasteiger partial charge in [0.2, 0.25) is 5.91 Å². The van der Waals surface area contributed by atoms with Crippen molar-refractivity contribution >= 4 is 57.9 Å². The SMILES string of the molecule is O=C(/C=C/c1cccs1)NC(=S)Nc1ccc(Cl)cc1. The maximum absolute atomic E-state index is 11.7. The van der Waals surface area contributed by atoms with E-state index in [0.717, 1.165) is 10.6 Å². The van der Waals surface area contributed by atoms with Gasteiger partial charge in [-0.05, 0) is 54.0 Å². The number of carbonyl (C=O) groups excluding carboxylic acids is 1. The first-order valence-corrected chi connectivity index (χ1v) is 7.39. The molecule has 0 aliphatic rings. The molecule has 3 nitrogen and oxygen atoms in total. The molecule has 0 saturated carbocycles. The van der Waals surface area contributed by atoms with Crippen LogP contribution in [0, 0.1) is 0 Å². The molecule has 0 saturated heterocycles. The van der Waals surface area contributed by atoms with Gasteiger partial charge in [0.1, 0.15) is 0 Å². The zero-order chi connectivity index (χ0) is 14.4. The van der Waals surface area contributed by atoms with Gasteiger partial charge in [-0.15, -0.1) is 11.3 Å². The van der Waals surface area contributed by atoms with Crippen molar-refractivity contribution in [3.8, 4) is 0 Å². The Morgan fingerprint density at radius 3 is 2.65 bits per heavy atom. The summed E-state index contributed by atoms with van der Waals surface area (Å²) < 4.78 is 0. The highest BCUT2D eigenvalue weighted by molar-refractivity contribution is 7.80. The maximum Gasteiger partial charge on any atom is 0.250 e. The van der Waals surface area contributed by atoms with E-state index in [-0.39, 0.29) is 11.0 Å². The molecule has 20 heavy (non-hydrogen) atoms. The van der Waals surface area contributed by atoms with Crippen molar-refractivity contribution in [1.29, 1.82) is 0 Å². The standard InChI is InChI=1S/C14H11ClN2OS2/c15-10-3-5-11(6-4-10)16-14(19)17-13(18)8-7-12-2-1-9-20-12/h1-9H,(H2,16,17,18,19)/b8-7+. The normalized spacial score (nSPS) is 10.4. The Morgan fingerprint density at radius 1 is 1.25 bits per heavy atom. The van der Waals surface area contributed by atoms with E-state index < -0.39 is 0 Å². The number of carbonyl (C=O) groups is 1. The summed E-state index contributed by atoms with van der Waals surface area (Å²) in [5, 5.41) is 8.31. The molecule has 102 valence electrons. The molecule has 0 atom stereocenters. The van der Waals surface area contributed by atoms with Crippen molar-refractivity contribution < 1.29 is 4.79 Å². The first-order chi connectivity index (χ1) is 9.63. The molecule has 2 aromatic rings. The van der Waals surface area contributed by atoms with Crippen LogP contribution in [0.15, 0.2) is 47.9 Å². The minimum atomic E-state index is -0.273. The van der Waals surface area contributed by atoms with Crippen molar-refractivity contribution in [3.63, 3.8) is 0 Å². The van der Waals surface area contributed by atoms with Gasteiger partial charge in [-0.25, -0.2) is 0 Å². The van der Waals surface area contributed by atoms with Gasteiger partial charge in [0.05, 0.1) is 0 Å². The van der Waals surface area contributed by atoms with Gasteiger partial charge in [0.25, 0.3) is 0 Å². The van der Waals surface area contributed by atoms with Crippen LogP contribution < -0.4 is 10.6 Å². The van der Waals surface area contributed by atoms with Crippen LogP contribution in [0.3, 0.4) is 0 Å². The Balaban J connectivity index is 1.85. The molecule has 1 aromatic carbocycles. The van der Waals surface area contributed by atoms with Crippen LogP contribution in [0.25, 0.3) is 6.08 Å². The van der Waals surface area contributed by atoms with Gasteiger partial charge in [-0.1, -0.05) is 17.7 Å². The third-order valence-electron chi connectivity index (χ3n) is 2.28. The lowest BCUT2D eigenvalue weighted by atomic mass is 10.3. The van der Waals surface area contributed by atoms with Crippen molar-refractivity contribution in [2.45, 2.75) is 0 Å². The van der Waals surface area contributed by atoms with Gasteiger partial charge < -0.3 is 5.32 Å². The van der Waals surface area contributed by atoms with Crippen molar-refractivity contribution in [3.05, 3.63) is 57.8 Å². The minimum absolute atomic E-state index is 0.244. The Bertz CT molecular complexity index is 621. The lowest BCUT2D eigenvalue weighted by Gasteiger charge is -2.07. The lowest BCUT2D eigenvalue weighted by molar-refractivity contribution is -0.115. The summed E-state index contributed by atoms with van der Waals surface area (Å²) in [5.74, 6) is -0.273. The van der Waals surface area contributed by atoms with Gasteiger partial charge in [0.15, 0.2) is 5.11 Å². The molecule has 2 rings (SSSR count). The van der Waals surface area contributed by atoms with E-state index in [0.29, 0.717) is 5.02 Å². The van der Waals surface area contributed by atoms with Crippen LogP contribution in [-0.2, 0) is 4.79 Å². The van der Waals surface area contributed by atoms with Gasteiger partial charge in [-0.2, -0.15) is 0 Å². The predicted octanol–water partition coefficient (Wildman–Crippen LogP) is 3.93. The van der Waals surface area contributed by atoms with Crippen LogP contribution in [0.4, 0.5) is 5.69 Å². The number of thiocarbonyl (C=S) groups is 1.